The smallest absolute Gasteiger partial charge is 0.226 e. The number of benzene rings is 2. The third kappa shape index (κ3) is 6.43. The number of hydrogen-bond acceptors (Lipinski definition) is 4. The SMILES string of the molecule is Cl.N#Cc1ccc(Cn2cncc2CC(=O)NC2CCN(Cc3ccccc3)CC2)cc1. The summed E-state index contributed by atoms with van der Waals surface area (Å²) in [7, 11) is 0. The summed E-state index contributed by atoms with van der Waals surface area (Å²) >= 11 is 0. The monoisotopic (exact) mass is 449 g/mol. The van der Waals surface area contributed by atoms with Gasteiger partial charge in [0.1, 0.15) is 0 Å². The third-order valence-corrected chi connectivity index (χ3v) is 5.78. The zero-order valence-corrected chi connectivity index (χ0v) is 18.8. The fraction of sp³-hybridized carbons (Fsp3) is 0.320. The number of nitriles is 1. The first kappa shape index (κ1) is 23.5. The third-order valence-electron chi connectivity index (χ3n) is 5.78. The van der Waals surface area contributed by atoms with Gasteiger partial charge >= 0.3 is 0 Å². The predicted molar refractivity (Wildman–Crippen MR) is 126 cm³/mol. The largest absolute Gasteiger partial charge is 0.353 e. The summed E-state index contributed by atoms with van der Waals surface area (Å²) < 4.78 is 1.99. The number of rotatable bonds is 7. The van der Waals surface area contributed by atoms with E-state index in [1.807, 2.05) is 34.9 Å². The van der Waals surface area contributed by atoms with Crippen LogP contribution in [0.3, 0.4) is 0 Å². The molecule has 0 bridgehead atoms. The Kier molecular flexibility index (Phi) is 8.43. The molecule has 2 aromatic carbocycles. The Balaban J connectivity index is 0.00000289. The molecule has 1 saturated heterocycles. The van der Waals surface area contributed by atoms with Crippen molar-refractivity contribution in [2.75, 3.05) is 13.1 Å². The van der Waals surface area contributed by atoms with E-state index in [-0.39, 0.29) is 24.4 Å². The van der Waals surface area contributed by atoms with Gasteiger partial charge in [-0.2, -0.15) is 5.26 Å². The predicted octanol–water partition coefficient (Wildman–Crippen LogP) is 3.55. The van der Waals surface area contributed by atoms with Crippen LogP contribution >= 0.6 is 12.4 Å². The summed E-state index contributed by atoms with van der Waals surface area (Å²) in [5.41, 5.74) is 3.94. The molecule has 1 aromatic heterocycles. The summed E-state index contributed by atoms with van der Waals surface area (Å²) in [4.78, 5) is 19.3. The molecule has 0 saturated carbocycles. The number of likely N-dealkylation sites (tertiary alicyclic amines) is 1. The Morgan fingerprint density at radius 1 is 1.03 bits per heavy atom. The molecule has 6 nitrogen and oxygen atoms in total. The van der Waals surface area contributed by atoms with Crippen molar-refractivity contribution in [2.24, 2.45) is 0 Å². The molecule has 1 aliphatic heterocycles. The van der Waals surface area contributed by atoms with E-state index in [2.05, 4.69) is 45.5 Å². The molecule has 0 radical (unpaired) electrons. The summed E-state index contributed by atoms with van der Waals surface area (Å²) in [5, 5.41) is 12.1. The van der Waals surface area contributed by atoms with E-state index in [1.165, 1.54) is 5.56 Å². The van der Waals surface area contributed by atoms with Crippen molar-refractivity contribution in [3.05, 3.63) is 89.5 Å². The van der Waals surface area contributed by atoms with Crippen molar-refractivity contribution in [3.63, 3.8) is 0 Å². The second kappa shape index (κ2) is 11.5. The molecule has 0 aliphatic carbocycles. The first-order valence-electron chi connectivity index (χ1n) is 10.7. The van der Waals surface area contributed by atoms with Gasteiger partial charge in [-0.3, -0.25) is 9.69 Å². The van der Waals surface area contributed by atoms with E-state index >= 15 is 0 Å². The first-order valence-corrected chi connectivity index (χ1v) is 10.7. The molecular formula is C25H28ClN5O. The highest BCUT2D eigenvalue weighted by Gasteiger charge is 2.21. The number of carbonyl (C=O) groups excluding carboxylic acids is 1. The van der Waals surface area contributed by atoms with Crippen LogP contribution in [0.25, 0.3) is 0 Å². The lowest BCUT2D eigenvalue weighted by Gasteiger charge is -2.32. The van der Waals surface area contributed by atoms with Crippen LogP contribution in [0.2, 0.25) is 0 Å². The second-order valence-electron chi connectivity index (χ2n) is 8.10. The van der Waals surface area contributed by atoms with Crippen molar-refractivity contribution in [1.29, 1.82) is 5.26 Å². The average Bonchev–Trinajstić information content (AvgIpc) is 3.22. The molecule has 2 heterocycles. The number of imidazole rings is 1. The van der Waals surface area contributed by atoms with Gasteiger partial charge in [-0.1, -0.05) is 42.5 Å². The van der Waals surface area contributed by atoms with Crippen molar-refractivity contribution in [2.45, 2.75) is 38.4 Å². The number of hydrogen-bond donors (Lipinski definition) is 1. The van der Waals surface area contributed by atoms with Crippen molar-refractivity contribution in [1.82, 2.24) is 19.8 Å². The Morgan fingerprint density at radius 2 is 1.72 bits per heavy atom. The highest BCUT2D eigenvalue weighted by Crippen LogP contribution is 2.14. The molecule has 1 aliphatic rings. The van der Waals surface area contributed by atoms with Gasteiger partial charge in [0.25, 0.3) is 0 Å². The molecule has 0 atom stereocenters. The number of carbonyl (C=O) groups is 1. The quantitative estimate of drug-likeness (QED) is 0.598. The molecule has 0 unspecified atom stereocenters. The van der Waals surface area contributed by atoms with Gasteiger partial charge in [-0.25, -0.2) is 4.98 Å². The highest BCUT2D eigenvalue weighted by molar-refractivity contribution is 5.85. The number of aromatic nitrogens is 2. The van der Waals surface area contributed by atoms with Crippen LogP contribution in [0.15, 0.2) is 67.1 Å². The Hall–Kier alpha value is -3.14. The minimum atomic E-state index is 0. The molecule has 32 heavy (non-hydrogen) atoms. The molecule has 1 fully saturated rings. The number of piperidine rings is 1. The molecule has 4 rings (SSSR count). The Bertz CT molecular complexity index is 1030. The van der Waals surface area contributed by atoms with Gasteiger partial charge in [0, 0.05) is 44.1 Å². The van der Waals surface area contributed by atoms with Gasteiger partial charge in [-0.15, -0.1) is 12.4 Å². The standard InChI is InChI=1S/C25H27N5O.ClH/c26-15-20-6-8-22(9-7-20)18-30-19-27-16-24(30)14-25(31)28-23-10-12-29(13-11-23)17-21-4-2-1-3-5-21;/h1-9,16,19,23H,10-14,17-18H2,(H,28,31);1H. The van der Waals surface area contributed by atoms with Gasteiger partial charge in [0.05, 0.1) is 24.4 Å². The fourth-order valence-electron chi connectivity index (χ4n) is 4.04. The van der Waals surface area contributed by atoms with Crippen molar-refractivity contribution >= 4 is 18.3 Å². The Morgan fingerprint density at radius 3 is 2.41 bits per heavy atom. The number of nitrogens with zero attached hydrogens (tertiary/aromatic N) is 4. The van der Waals surface area contributed by atoms with Gasteiger partial charge in [0.15, 0.2) is 0 Å². The summed E-state index contributed by atoms with van der Waals surface area (Å²) in [5.74, 6) is 0.0445. The average molecular weight is 450 g/mol. The second-order valence-corrected chi connectivity index (χ2v) is 8.10. The molecular weight excluding hydrogens is 422 g/mol. The molecule has 0 spiro atoms. The van der Waals surface area contributed by atoms with Crippen molar-refractivity contribution in [3.8, 4) is 6.07 Å². The zero-order chi connectivity index (χ0) is 21.5. The van der Waals surface area contributed by atoms with Crippen LogP contribution in [0.1, 0.15) is 35.2 Å². The lowest BCUT2D eigenvalue weighted by atomic mass is 10.0. The summed E-state index contributed by atoms with van der Waals surface area (Å²) in [6.07, 6.45) is 5.78. The van der Waals surface area contributed by atoms with Crippen LogP contribution < -0.4 is 5.32 Å². The normalized spacial score (nSPS) is 14.3. The topological polar surface area (TPSA) is 73.9 Å². The Labute approximate surface area is 195 Å². The molecule has 1 amide bonds. The maximum absolute atomic E-state index is 12.6. The van der Waals surface area contributed by atoms with Gasteiger partial charge < -0.3 is 9.88 Å². The molecule has 166 valence electrons. The minimum Gasteiger partial charge on any atom is -0.353 e. The van der Waals surface area contributed by atoms with Gasteiger partial charge in [-0.05, 0) is 36.1 Å². The molecule has 3 aromatic rings. The summed E-state index contributed by atoms with van der Waals surface area (Å²) in [6, 6.07) is 20.4. The molecule has 7 heteroatoms. The van der Waals surface area contributed by atoms with Gasteiger partial charge in [0.2, 0.25) is 5.91 Å². The van der Waals surface area contributed by atoms with E-state index < -0.39 is 0 Å². The lowest BCUT2D eigenvalue weighted by molar-refractivity contribution is -0.121. The van der Waals surface area contributed by atoms with E-state index in [4.69, 9.17) is 5.26 Å². The highest BCUT2D eigenvalue weighted by atomic mass is 35.5. The maximum atomic E-state index is 12.6. The fourth-order valence-corrected chi connectivity index (χ4v) is 4.04. The number of nitrogens with one attached hydrogen (secondary N) is 1. The summed E-state index contributed by atoms with van der Waals surface area (Å²) in [6.45, 7) is 3.59. The van der Waals surface area contributed by atoms with E-state index in [9.17, 15) is 4.79 Å². The van der Waals surface area contributed by atoms with Crippen molar-refractivity contribution < 1.29 is 4.79 Å². The number of amides is 1. The maximum Gasteiger partial charge on any atom is 0.226 e. The van der Waals surface area contributed by atoms with Crippen LogP contribution in [0, 0.1) is 11.3 Å². The first-order chi connectivity index (χ1) is 15.2. The van der Waals surface area contributed by atoms with Crippen LogP contribution in [-0.2, 0) is 24.3 Å². The zero-order valence-electron chi connectivity index (χ0n) is 18.0. The van der Waals surface area contributed by atoms with Crippen LogP contribution in [-0.4, -0.2) is 39.5 Å². The lowest BCUT2D eigenvalue weighted by Crippen LogP contribution is -2.44. The van der Waals surface area contributed by atoms with E-state index in [0.717, 1.165) is 43.7 Å². The van der Waals surface area contributed by atoms with E-state index in [0.29, 0.717) is 18.5 Å². The number of halogens is 1. The van der Waals surface area contributed by atoms with Crippen LogP contribution in [0.5, 0.6) is 0 Å². The molecule has 1 N–H and O–H groups in total. The van der Waals surface area contributed by atoms with Crippen LogP contribution in [0.4, 0.5) is 0 Å². The minimum absolute atomic E-state index is 0. The van der Waals surface area contributed by atoms with E-state index in [1.54, 1.807) is 12.5 Å².